The summed E-state index contributed by atoms with van der Waals surface area (Å²) in [4.78, 5) is 22.6. The minimum atomic E-state index is -0.392. The van der Waals surface area contributed by atoms with Gasteiger partial charge in [0.05, 0.1) is 0 Å². The first-order valence-corrected chi connectivity index (χ1v) is 5.96. The number of carbonyl (C=O) groups excluding carboxylic acids is 1. The highest BCUT2D eigenvalue weighted by molar-refractivity contribution is 5.85. The fourth-order valence-corrected chi connectivity index (χ4v) is 2.19. The molecule has 0 N–H and O–H groups in total. The fraction of sp³-hybridized carbons (Fsp3) is 0.286. The van der Waals surface area contributed by atoms with E-state index in [0.717, 1.165) is 18.2 Å². The summed E-state index contributed by atoms with van der Waals surface area (Å²) in [6.07, 6.45) is 1.88. The molecule has 0 radical (unpaired) electrons. The Morgan fingerprint density at radius 1 is 1.17 bits per heavy atom. The van der Waals surface area contributed by atoms with Crippen molar-refractivity contribution in [2.24, 2.45) is 0 Å². The maximum absolute atomic E-state index is 11.5. The minimum Gasteiger partial charge on any atom is -0.483 e. The van der Waals surface area contributed by atoms with E-state index in [1.165, 1.54) is 6.07 Å². The molecule has 1 heterocycles. The predicted molar refractivity (Wildman–Crippen MR) is 65.8 cm³/mol. The van der Waals surface area contributed by atoms with Crippen molar-refractivity contribution in [3.05, 3.63) is 40.8 Å². The number of hydrogen-bond acceptors (Lipinski definition) is 4. The van der Waals surface area contributed by atoms with Gasteiger partial charge in [0, 0.05) is 23.9 Å². The number of rotatable bonds is 2. The molecule has 4 heteroatoms. The SMILES string of the molecule is O=C1CCCC1Oc1ccc2ccc(=O)oc2c1. The van der Waals surface area contributed by atoms with Crippen LogP contribution in [-0.2, 0) is 4.79 Å². The molecule has 1 aliphatic carbocycles. The van der Waals surface area contributed by atoms with E-state index >= 15 is 0 Å². The standard InChI is InChI=1S/C14H12O4/c15-11-2-1-3-12(11)17-10-6-4-9-5-7-14(16)18-13(9)8-10/h4-8,12H,1-3H2. The molecule has 18 heavy (non-hydrogen) atoms. The lowest BCUT2D eigenvalue weighted by atomic mass is 10.2. The number of benzene rings is 1. The molecular formula is C14H12O4. The van der Waals surface area contributed by atoms with E-state index in [9.17, 15) is 9.59 Å². The summed E-state index contributed by atoms with van der Waals surface area (Å²) in [5.74, 6) is 0.710. The van der Waals surface area contributed by atoms with Gasteiger partial charge in [-0.05, 0) is 31.0 Å². The summed E-state index contributed by atoms with van der Waals surface area (Å²) in [7, 11) is 0. The van der Waals surface area contributed by atoms with Crippen LogP contribution >= 0.6 is 0 Å². The molecule has 2 aromatic rings. The van der Waals surface area contributed by atoms with E-state index in [-0.39, 0.29) is 11.9 Å². The molecular weight excluding hydrogens is 232 g/mol. The molecule has 1 aromatic carbocycles. The van der Waals surface area contributed by atoms with E-state index in [2.05, 4.69) is 0 Å². The van der Waals surface area contributed by atoms with Gasteiger partial charge in [-0.2, -0.15) is 0 Å². The van der Waals surface area contributed by atoms with Gasteiger partial charge in [-0.15, -0.1) is 0 Å². The molecule has 0 aliphatic heterocycles. The molecule has 1 saturated carbocycles. The summed E-state index contributed by atoms with van der Waals surface area (Å²) in [6, 6.07) is 8.33. The second kappa shape index (κ2) is 4.29. The lowest BCUT2D eigenvalue weighted by Gasteiger charge is -2.11. The smallest absolute Gasteiger partial charge is 0.336 e. The van der Waals surface area contributed by atoms with Crippen LogP contribution in [0.25, 0.3) is 11.0 Å². The van der Waals surface area contributed by atoms with Crippen molar-refractivity contribution in [2.75, 3.05) is 0 Å². The lowest BCUT2D eigenvalue weighted by molar-refractivity contribution is -0.123. The maximum atomic E-state index is 11.5. The molecule has 0 amide bonds. The summed E-state index contributed by atoms with van der Waals surface area (Å²) in [6.45, 7) is 0. The van der Waals surface area contributed by atoms with Crippen molar-refractivity contribution in [2.45, 2.75) is 25.4 Å². The van der Waals surface area contributed by atoms with Gasteiger partial charge in [0.1, 0.15) is 11.3 Å². The first-order valence-electron chi connectivity index (χ1n) is 5.96. The number of carbonyl (C=O) groups is 1. The highest BCUT2D eigenvalue weighted by Crippen LogP contribution is 2.24. The van der Waals surface area contributed by atoms with Gasteiger partial charge in [0.2, 0.25) is 0 Å². The molecule has 1 atom stereocenters. The molecule has 3 rings (SSSR count). The largest absolute Gasteiger partial charge is 0.483 e. The molecule has 1 unspecified atom stereocenters. The topological polar surface area (TPSA) is 56.5 Å². The van der Waals surface area contributed by atoms with E-state index in [1.54, 1.807) is 18.2 Å². The quantitative estimate of drug-likeness (QED) is 0.760. The molecule has 0 spiro atoms. The monoisotopic (exact) mass is 244 g/mol. The fourth-order valence-electron chi connectivity index (χ4n) is 2.19. The average Bonchev–Trinajstić information content (AvgIpc) is 2.74. The first-order chi connectivity index (χ1) is 8.72. The normalized spacial score (nSPS) is 19.3. The minimum absolute atomic E-state index is 0.143. The van der Waals surface area contributed by atoms with Crippen LogP contribution in [0.4, 0.5) is 0 Å². The number of fused-ring (bicyclic) bond motifs is 1. The third kappa shape index (κ3) is 2.01. The van der Waals surface area contributed by atoms with Crippen LogP contribution in [0.15, 0.2) is 39.5 Å². The number of ether oxygens (including phenoxy) is 1. The zero-order valence-electron chi connectivity index (χ0n) is 9.72. The molecule has 92 valence electrons. The van der Waals surface area contributed by atoms with Crippen molar-refractivity contribution >= 4 is 16.8 Å². The molecule has 0 bridgehead atoms. The van der Waals surface area contributed by atoms with Gasteiger partial charge in [0.25, 0.3) is 0 Å². The van der Waals surface area contributed by atoms with Crippen LogP contribution in [0.1, 0.15) is 19.3 Å². The van der Waals surface area contributed by atoms with Gasteiger partial charge in [0.15, 0.2) is 11.9 Å². The Labute approximate surface area is 103 Å². The van der Waals surface area contributed by atoms with Crippen molar-refractivity contribution in [1.82, 2.24) is 0 Å². The lowest BCUT2D eigenvalue weighted by Crippen LogP contribution is -2.20. The summed E-state index contributed by atoms with van der Waals surface area (Å²) in [5.41, 5.74) is 0.0852. The number of hydrogen-bond donors (Lipinski definition) is 0. The van der Waals surface area contributed by atoms with Crippen molar-refractivity contribution in [1.29, 1.82) is 0 Å². The van der Waals surface area contributed by atoms with Gasteiger partial charge >= 0.3 is 5.63 Å². The van der Waals surface area contributed by atoms with Crippen LogP contribution in [0.3, 0.4) is 0 Å². The Hall–Kier alpha value is -2.10. The third-order valence-electron chi connectivity index (χ3n) is 3.12. The van der Waals surface area contributed by atoms with E-state index < -0.39 is 5.63 Å². The van der Waals surface area contributed by atoms with E-state index in [4.69, 9.17) is 9.15 Å². The Morgan fingerprint density at radius 2 is 2.00 bits per heavy atom. The second-order valence-corrected chi connectivity index (χ2v) is 4.42. The Kier molecular flexibility index (Phi) is 2.63. The Balaban J connectivity index is 1.93. The van der Waals surface area contributed by atoms with Crippen molar-refractivity contribution in [3.63, 3.8) is 0 Å². The molecule has 1 fully saturated rings. The Morgan fingerprint density at radius 3 is 2.78 bits per heavy atom. The van der Waals surface area contributed by atoms with Crippen LogP contribution in [0, 0.1) is 0 Å². The zero-order valence-corrected chi connectivity index (χ0v) is 9.72. The summed E-state index contributed by atoms with van der Waals surface area (Å²) >= 11 is 0. The Bertz CT molecular complexity index is 656. The number of Topliss-reactive ketones (excluding diaryl/α,β-unsaturated/α-hetero) is 1. The maximum Gasteiger partial charge on any atom is 0.336 e. The summed E-state index contributed by atoms with van der Waals surface area (Å²) in [5, 5.41) is 0.833. The van der Waals surface area contributed by atoms with Crippen molar-refractivity contribution < 1.29 is 13.9 Å². The van der Waals surface area contributed by atoms with Gasteiger partial charge < -0.3 is 9.15 Å². The highest BCUT2D eigenvalue weighted by Gasteiger charge is 2.26. The predicted octanol–water partition coefficient (Wildman–Crippen LogP) is 2.29. The number of ketones is 1. The molecule has 1 aromatic heterocycles. The van der Waals surface area contributed by atoms with Crippen LogP contribution in [0.5, 0.6) is 5.75 Å². The van der Waals surface area contributed by atoms with Crippen molar-refractivity contribution in [3.8, 4) is 5.75 Å². The van der Waals surface area contributed by atoms with Crippen LogP contribution in [-0.4, -0.2) is 11.9 Å². The van der Waals surface area contributed by atoms with Gasteiger partial charge in [-0.1, -0.05) is 0 Å². The highest BCUT2D eigenvalue weighted by atomic mass is 16.5. The molecule has 1 aliphatic rings. The third-order valence-corrected chi connectivity index (χ3v) is 3.12. The average molecular weight is 244 g/mol. The van der Waals surface area contributed by atoms with Crippen LogP contribution in [0.2, 0.25) is 0 Å². The van der Waals surface area contributed by atoms with Crippen LogP contribution < -0.4 is 10.4 Å². The molecule has 4 nitrogen and oxygen atoms in total. The second-order valence-electron chi connectivity index (χ2n) is 4.42. The molecule has 0 saturated heterocycles. The van der Waals surface area contributed by atoms with E-state index in [1.807, 2.05) is 6.07 Å². The zero-order chi connectivity index (χ0) is 12.5. The first kappa shape index (κ1) is 11.0. The summed E-state index contributed by atoms with van der Waals surface area (Å²) < 4.78 is 10.7. The van der Waals surface area contributed by atoms with Gasteiger partial charge in [-0.3, -0.25) is 4.79 Å². The van der Waals surface area contributed by atoms with E-state index in [0.29, 0.717) is 17.8 Å². The van der Waals surface area contributed by atoms with Gasteiger partial charge in [-0.25, -0.2) is 4.79 Å².